The predicted octanol–water partition coefficient (Wildman–Crippen LogP) is 14.0. The van der Waals surface area contributed by atoms with Gasteiger partial charge >= 0.3 is 171 Å². The molecule has 2 heteroatoms. The van der Waals surface area contributed by atoms with Crippen LogP contribution < -0.4 is 0 Å². The Hall–Kier alpha value is 1.15. The van der Waals surface area contributed by atoms with Crippen LogP contribution in [0.5, 0.6) is 0 Å². The van der Waals surface area contributed by atoms with E-state index in [-0.39, 0.29) is 34.6 Å². The van der Waals surface area contributed by atoms with Crippen LogP contribution in [0.1, 0.15) is 219 Å². The summed E-state index contributed by atoms with van der Waals surface area (Å²) in [5, 5.41) is 0. The first-order valence-corrected chi connectivity index (χ1v) is 22.2. The van der Waals surface area contributed by atoms with Gasteiger partial charge in [-0.15, -0.1) is 0 Å². The van der Waals surface area contributed by atoms with Gasteiger partial charge in [0.25, 0.3) is 0 Å². The summed E-state index contributed by atoms with van der Waals surface area (Å²) in [5.41, 5.74) is 0. The summed E-state index contributed by atoms with van der Waals surface area (Å²) in [4.78, 5) is 0. The fraction of sp³-hybridized carbons (Fsp3) is 1.00. The average Bonchev–Trinajstić information content (AvgIpc) is 2.91. The zero-order chi connectivity index (χ0) is 26.7. The topological polar surface area (TPSA) is 0 Å². The van der Waals surface area contributed by atoms with E-state index in [4.69, 9.17) is 0 Å². The molecule has 0 radical (unpaired) electrons. The van der Waals surface area contributed by atoms with E-state index in [2.05, 4.69) is 13.8 Å². The van der Waals surface area contributed by atoms with Gasteiger partial charge in [0.15, 0.2) is 0 Å². The first-order chi connectivity index (χ1) is 18.4. The molecule has 38 heavy (non-hydrogen) atoms. The van der Waals surface area contributed by atoms with Gasteiger partial charge in [0.1, 0.15) is 0 Å². The van der Waals surface area contributed by atoms with Crippen molar-refractivity contribution in [3.8, 4) is 0 Å². The van der Waals surface area contributed by atoms with Gasteiger partial charge in [0, 0.05) is 0 Å². The second-order valence-corrected chi connectivity index (χ2v) is 16.6. The van der Waals surface area contributed by atoms with Crippen LogP contribution in [0.4, 0.5) is 0 Å². The van der Waals surface area contributed by atoms with Crippen molar-refractivity contribution in [1.82, 2.24) is 0 Å². The molecule has 0 amide bonds. The van der Waals surface area contributed by atoms with E-state index in [0.29, 0.717) is 0 Å². The molecule has 0 N–H and O–H groups in total. The van der Waals surface area contributed by atoms with Crippen LogP contribution in [0, 0.1) is 0 Å². The van der Waals surface area contributed by atoms with Crippen molar-refractivity contribution in [1.29, 1.82) is 0 Å². The minimum atomic E-state index is 0. The molecule has 0 unspecified atom stereocenters. The molecule has 0 fully saturated rings. The van der Waals surface area contributed by atoms with Crippen molar-refractivity contribution in [3.05, 3.63) is 0 Å². The fourth-order valence-corrected chi connectivity index (χ4v) is 9.29. The van der Waals surface area contributed by atoms with Gasteiger partial charge in [-0.25, -0.2) is 0 Å². The van der Waals surface area contributed by atoms with Gasteiger partial charge in [-0.1, -0.05) is 78.1 Å². The van der Waals surface area contributed by atoms with Gasteiger partial charge in [0.05, 0.1) is 0 Å². The summed E-state index contributed by atoms with van der Waals surface area (Å²) in [5.74, 6) is 0. The molecular formula is C36H74SSn. The van der Waals surface area contributed by atoms with Gasteiger partial charge in [-0.3, -0.25) is 0 Å². The Kier molecular flexibility index (Phi) is 43.8. The molecule has 228 valence electrons. The molecule has 0 aromatic carbocycles. The van der Waals surface area contributed by atoms with E-state index < -0.39 is 0 Å². The van der Waals surface area contributed by atoms with E-state index in [1.54, 1.807) is 21.7 Å². The monoisotopic (exact) mass is 658 g/mol. The zero-order valence-electron chi connectivity index (χ0n) is 26.9. The molecule has 0 aromatic rings. The second kappa shape index (κ2) is 40.3. The number of hydrogen-bond acceptors (Lipinski definition) is 0. The van der Waals surface area contributed by atoms with Crippen LogP contribution >= 0.6 is 0 Å². The summed E-state index contributed by atoms with van der Waals surface area (Å²) >= 11 is 0.00985. The molecule has 0 bridgehead atoms. The molecule has 0 aliphatic carbocycles. The maximum absolute atomic E-state index is 2.31. The first kappa shape index (κ1) is 41.3. The summed E-state index contributed by atoms with van der Waals surface area (Å²) in [6.45, 7) is 4.62. The molecule has 0 saturated heterocycles. The van der Waals surface area contributed by atoms with Crippen molar-refractivity contribution >= 4 is 34.6 Å². The van der Waals surface area contributed by atoms with E-state index >= 15 is 0 Å². The van der Waals surface area contributed by atoms with Crippen molar-refractivity contribution in [2.24, 2.45) is 0 Å². The zero-order valence-corrected chi connectivity index (χ0v) is 30.6. The Morgan fingerprint density at radius 3 is 0.579 bits per heavy atom. The average molecular weight is 658 g/mol. The third-order valence-electron chi connectivity index (χ3n) is 8.41. The Labute approximate surface area is 261 Å². The fourth-order valence-electron chi connectivity index (χ4n) is 5.72. The summed E-state index contributed by atoms with van der Waals surface area (Å²) < 4.78 is 3.33. The first-order valence-electron chi connectivity index (χ1n) is 18.1. The molecule has 0 nitrogen and oxygen atoms in total. The Bertz CT molecular complexity index is 338. The Morgan fingerprint density at radius 2 is 0.395 bits per heavy atom. The van der Waals surface area contributed by atoms with Crippen LogP contribution in [0.3, 0.4) is 0 Å². The normalized spacial score (nSPS) is 11.0. The molecule has 0 aliphatic rings. The molecular weight excluding hydrogens is 583 g/mol. The molecule has 0 atom stereocenters. The summed E-state index contributed by atoms with van der Waals surface area (Å²) in [6.07, 6.45) is 47.9. The van der Waals surface area contributed by atoms with Crippen LogP contribution in [0.2, 0.25) is 8.87 Å². The van der Waals surface area contributed by atoms with Crippen molar-refractivity contribution < 1.29 is 0 Å². The summed E-state index contributed by atoms with van der Waals surface area (Å²) in [6, 6.07) is 0. The molecule has 0 aliphatic heterocycles. The van der Waals surface area contributed by atoms with Crippen LogP contribution in [-0.4, -0.2) is 21.1 Å². The molecule has 0 spiro atoms. The SMILES string of the molecule is CCCCCCCCCCCCCCCCC[CH2][Sn+2][CH2]CCCCCCCCCCCCCCCCC.[S-2]. The number of hydrogen-bond donors (Lipinski definition) is 0. The summed E-state index contributed by atoms with van der Waals surface area (Å²) in [7, 11) is 0. The predicted molar refractivity (Wildman–Crippen MR) is 182 cm³/mol. The minimum absolute atomic E-state index is 0. The van der Waals surface area contributed by atoms with Crippen LogP contribution in [0.25, 0.3) is 0 Å². The van der Waals surface area contributed by atoms with E-state index in [1.807, 2.05) is 0 Å². The molecule has 0 heterocycles. The number of unbranched alkanes of at least 4 members (excludes halogenated alkanes) is 30. The minimum Gasteiger partial charge on any atom is -2.00 e. The van der Waals surface area contributed by atoms with Crippen molar-refractivity contribution in [3.63, 3.8) is 0 Å². The quantitative estimate of drug-likeness (QED) is 0.0477. The third kappa shape index (κ3) is 39.3. The maximum atomic E-state index is 2.31. The number of rotatable bonds is 34. The van der Waals surface area contributed by atoms with Crippen molar-refractivity contribution in [2.75, 3.05) is 0 Å². The molecule has 0 aromatic heterocycles. The Morgan fingerprint density at radius 1 is 0.237 bits per heavy atom. The van der Waals surface area contributed by atoms with Gasteiger partial charge < -0.3 is 13.5 Å². The van der Waals surface area contributed by atoms with E-state index in [9.17, 15) is 0 Å². The van der Waals surface area contributed by atoms with Gasteiger partial charge in [0.2, 0.25) is 0 Å². The van der Waals surface area contributed by atoms with E-state index in [0.717, 1.165) is 0 Å². The molecule has 0 saturated carbocycles. The van der Waals surface area contributed by atoms with Crippen LogP contribution in [-0.2, 0) is 13.5 Å². The second-order valence-electron chi connectivity index (χ2n) is 12.4. The Balaban J connectivity index is 0. The third-order valence-corrected chi connectivity index (χ3v) is 12.5. The van der Waals surface area contributed by atoms with Crippen molar-refractivity contribution in [2.45, 2.75) is 228 Å². The van der Waals surface area contributed by atoms with Gasteiger partial charge in [-0.2, -0.15) is 0 Å². The standard InChI is InChI=1S/2C18H37.S.Sn/c2*1-3-5-7-9-11-13-15-17-18-16-14-12-10-8-6-4-2;;/h2*1,3-18H2,2H3;;/q;;-2;+2. The molecule has 0 rings (SSSR count). The van der Waals surface area contributed by atoms with E-state index in [1.165, 1.54) is 193 Å². The van der Waals surface area contributed by atoms with Crippen LogP contribution in [0.15, 0.2) is 0 Å². The smallest absolute Gasteiger partial charge is 2.00 e. The van der Waals surface area contributed by atoms with Gasteiger partial charge in [-0.05, 0) is 0 Å².